The zero-order valence-corrected chi connectivity index (χ0v) is 9.03. The third-order valence-electron chi connectivity index (χ3n) is 3.21. The third kappa shape index (κ3) is 1.84. The first-order valence-corrected chi connectivity index (χ1v) is 5.23. The second-order valence-electron chi connectivity index (χ2n) is 4.27. The molecule has 1 fully saturated rings. The monoisotopic (exact) mass is 209 g/mol. The van der Waals surface area contributed by atoms with Gasteiger partial charge in [0.25, 0.3) is 0 Å². The van der Waals surface area contributed by atoms with Crippen LogP contribution in [0.5, 0.6) is 5.75 Å². The van der Waals surface area contributed by atoms with Gasteiger partial charge in [0.15, 0.2) is 11.6 Å². The van der Waals surface area contributed by atoms with Crippen molar-refractivity contribution in [3.05, 3.63) is 29.6 Å². The second kappa shape index (κ2) is 3.81. The van der Waals surface area contributed by atoms with Crippen molar-refractivity contribution in [1.29, 1.82) is 0 Å². The number of hydrogen-bond acceptors (Lipinski definition) is 2. The van der Waals surface area contributed by atoms with Crippen LogP contribution in [0.3, 0.4) is 0 Å². The molecule has 3 heteroatoms. The summed E-state index contributed by atoms with van der Waals surface area (Å²) in [7, 11) is 1.47. The van der Waals surface area contributed by atoms with Crippen molar-refractivity contribution in [1.82, 2.24) is 0 Å². The fourth-order valence-electron chi connectivity index (χ4n) is 2.02. The Hall–Kier alpha value is -1.09. The largest absolute Gasteiger partial charge is 0.494 e. The van der Waals surface area contributed by atoms with Crippen molar-refractivity contribution < 1.29 is 9.13 Å². The molecule has 1 aromatic carbocycles. The van der Waals surface area contributed by atoms with Crippen molar-refractivity contribution in [3.63, 3.8) is 0 Å². The summed E-state index contributed by atoms with van der Waals surface area (Å²) < 4.78 is 18.8. The van der Waals surface area contributed by atoms with Gasteiger partial charge < -0.3 is 10.5 Å². The summed E-state index contributed by atoms with van der Waals surface area (Å²) in [5.41, 5.74) is 6.59. The summed E-state index contributed by atoms with van der Waals surface area (Å²) in [5.74, 6) is 1.00. The summed E-state index contributed by atoms with van der Waals surface area (Å²) in [6.07, 6.45) is 1.10. The Kier molecular flexibility index (Phi) is 2.65. The minimum atomic E-state index is -0.313. The van der Waals surface area contributed by atoms with Crippen molar-refractivity contribution >= 4 is 0 Å². The quantitative estimate of drug-likeness (QED) is 0.830. The van der Waals surface area contributed by atoms with E-state index in [2.05, 4.69) is 6.92 Å². The average molecular weight is 209 g/mol. The van der Waals surface area contributed by atoms with E-state index in [0.29, 0.717) is 17.4 Å². The maximum absolute atomic E-state index is 13.8. The Labute approximate surface area is 89.2 Å². The highest BCUT2D eigenvalue weighted by Crippen LogP contribution is 2.46. The number of ether oxygens (including phenoxy) is 1. The van der Waals surface area contributed by atoms with Crippen LogP contribution in [0.15, 0.2) is 18.2 Å². The Bertz CT molecular complexity index is 367. The molecular weight excluding hydrogens is 193 g/mol. The highest BCUT2D eigenvalue weighted by molar-refractivity contribution is 5.33. The first kappa shape index (κ1) is 10.4. The first-order chi connectivity index (χ1) is 7.15. The number of methoxy groups -OCH3 is 1. The zero-order valence-electron chi connectivity index (χ0n) is 9.03. The smallest absolute Gasteiger partial charge is 0.169 e. The SMILES string of the molecule is COc1cccc(C(N)C2CC2C)c1F. The van der Waals surface area contributed by atoms with Gasteiger partial charge in [0.05, 0.1) is 7.11 Å². The van der Waals surface area contributed by atoms with E-state index < -0.39 is 0 Å². The van der Waals surface area contributed by atoms with Gasteiger partial charge in [-0.1, -0.05) is 19.1 Å². The van der Waals surface area contributed by atoms with Crippen LogP contribution in [-0.2, 0) is 0 Å². The predicted molar refractivity (Wildman–Crippen MR) is 57.2 cm³/mol. The van der Waals surface area contributed by atoms with Gasteiger partial charge in [-0.15, -0.1) is 0 Å². The molecule has 1 aliphatic carbocycles. The molecule has 0 aromatic heterocycles. The normalized spacial score (nSPS) is 26.1. The molecule has 1 saturated carbocycles. The fourth-order valence-corrected chi connectivity index (χ4v) is 2.02. The van der Waals surface area contributed by atoms with Crippen molar-refractivity contribution in [2.45, 2.75) is 19.4 Å². The van der Waals surface area contributed by atoms with E-state index in [1.54, 1.807) is 18.2 Å². The number of benzene rings is 1. The lowest BCUT2D eigenvalue weighted by molar-refractivity contribution is 0.380. The maximum Gasteiger partial charge on any atom is 0.169 e. The standard InChI is InChI=1S/C12H16FNO/c1-7-6-9(7)12(14)8-4-3-5-10(15-2)11(8)13/h3-5,7,9,12H,6,14H2,1-2H3. The third-order valence-corrected chi connectivity index (χ3v) is 3.21. The molecule has 3 unspecified atom stereocenters. The lowest BCUT2D eigenvalue weighted by Gasteiger charge is -2.14. The summed E-state index contributed by atoms with van der Waals surface area (Å²) in [4.78, 5) is 0. The molecule has 2 N–H and O–H groups in total. The fraction of sp³-hybridized carbons (Fsp3) is 0.500. The number of nitrogens with two attached hydrogens (primary N) is 1. The van der Waals surface area contributed by atoms with E-state index >= 15 is 0 Å². The molecular formula is C12H16FNO. The molecule has 0 radical (unpaired) electrons. The molecule has 0 bridgehead atoms. The summed E-state index contributed by atoms with van der Waals surface area (Å²) >= 11 is 0. The van der Waals surface area contributed by atoms with Crippen LogP contribution in [-0.4, -0.2) is 7.11 Å². The molecule has 2 nitrogen and oxygen atoms in total. The van der Waals surface area contributed by atoms with E-state index in [4.69, 9.17) is 10.5 Å². The second-order valence-corrected chi connectivity index (χ2v) is 4.27. The molecule has 0 aliphatic heterocycles. The van der Waals surface area contributed by atoms with E-state index in [9.17, 15) is 4.39 Å². The molecule has 1 aromatic rings. The maximum atomic E-state index is 13.8. The highest BCUT2D eigenvalue weighted by atomic mass is 19.1. The average Bonchev–Trinajstić information content (AvgIpc) is 2.95. The van der Waals surface area contributed by atoms with Crippen molar-refractivity contribution in [2.24, 2.45) is 17.6 Å². The molecule has 0 spiro atoms. The van der Waals surface area contributed by atoms with Crippen molar-refractivity contribution in [3.8, 4) is 5.75 Å². The van der Waals surface area contributed by atoms with Crippen LogP contribution in [0.1, 0.15) is 24.9 Å². The van der Waals surface area contributed by atoms with Gasteiger partial charge in [-0.2, -0.15) is 0 Å². The summed E-state index contributed by atoms with van der Waals surface area (Å²) in [5, 5.41) is 0. The zero-order chi connectivity index (χ0) is 11.0. The molecule has 0 saturated heterocycles. The van der Waals surface area contributed by atoms with E-state index in [-0.39, 0.29) is 17.6 Å². The molecule has 2 rings (SSSR count). The predicted octanol–water partition coefficient (Wildman–Crippen LogP) is 2.49. The van der Waals surface area contributed by atoms with Gasteiger partial charge in [0.2, 0.25) is 0 Å². The molecule has 82 valence electrons. The molecule has 0 amide bonds. The van der Waals surface area contributed by atoms with Crippen LogP contribution in [0.4, 0.5) is 4.39 Å². The first-order valence-electron chi connectivity index (χ1n) is 5.23. The van der Waals surface area contributed by atoms with Gasteiger partial charge in [0, 0.05) is 11.6 Å². The topological polar surface area (TPSA) is 35.2 Å². The highest BCUT2D eigenvalue weighted by Gasteiger charge is 2.39. The lowest BCUT2D eigenvalue weighted by Crippen LogP contribution is -2.15. The van der Waals surface area contributed by atoms with Gasteiger partial charge >= 0.3 is 0 Å². The Morgan fingerprint density at radius 1 is 1.53 bits per heavy atom. The van der Waals surface area contributed by atoms with Crippen LogP contribution >= 0.6 is 0 Å². The minimum absolute atomic E-state index is 0.199. The van der Waals surface area contributed by atoms with Crippen LogP contribution < -0.4 is 10.5 Å². The number of rotatable bonds is 3. The molecule has 0 heterocycles. The van der Waals surface area contributed by atoms with Crippen LogP contribution in [0, 0.1) is 17.7 Å². The number of hydrogen-bond donors (Lipinski definition) is 1. The molecule has 3 atom stereocenters. The van der Waals surface area contributed by atoms with Gasteiger partial charge in [-0.3, -0.25) is 0 Å². The van der Waals surface area contributed by atoms with E-state index in [1.165, 1.54) is 7.11 Å². The Balaban J connectivity index is 2.27. The summed E-state index contributed by atoms with van der Waals surface area (Å²) in [6.45, 7) is 2.14. The van der Waals surface area contributed by atoms with Crippen molar-refractivity contribution in [2.75, 3.05) is 7.11 Å². The Morgan fingerprint density at radius 2 is 2.20 bits per heavy atom. The number of halogens is 1. The van der Waals surface area contributed by atoms with Gasteiger partial charge in [-0.25, -0.2) is 4.39 Å². The van der Waals surface area contributed by atoms with Crippen LogP contribution in [0.2, 0.25) is 0 Å². The Morgan fingerprint density at radius 3 is 2.73 bits per heavy atom. The van der Waals surface area contributed by atoms with Crippen LogP contribution in [0.25, 0.3) is 0 Å². The van der Waals surface area contributed by atoms with E-state index in [0.717, 1.165) is 6.42 Å². The van der Waals surface area contributed by atoms with E-state index in [1.807, 2.05) is 0 Å². The lowest BCUT2D eigenvalue weighted by atomic mass is 10.0. The summed E-state index contributed by atoms with van der Waals surface area (Å²) in [6, 6.07) is 4.94. The van der Waals surface area contributed by atoms with Gasteiger partial charge in [-0.05, 0) is 24.3 Å². The van der Waals surface area contributed by atoms with Gasteiger partial charge in [0.1, 0.15) is 0 Å². The molecule has 15 heavy (non-hydrogen) atoms. The molecule has 1 aliphatic rings. The minimum Gasteiger partial charge on any atom is -0.494 e.